The molecule has 21 heavy (non-hydrogen) atoms. The quantitative estimate of drug-likeness (QED) is 0.787. The molecular weight excluding hydrogens is 260 g/mol. The summed E-state index contributed by atoms with van der Waals surface area (Å²) in [4.78, 5) is 12.4. The van der Waals surface area contributed by atoms with Crippen molar-refractivity contribution in [2.75, 3.05) is 19.6 Å². The molecule has 3 nitrogen and oxygen atoms in total. The molecule has 0 atom stereocenters. The largest absolute Gasteiger partial charge is 0.355 e. The minimum absolute atomic E-state index is 0.285. The van der Waals surface area contributed by atoms with Crippen LogP contribution in [0.25, 0.3) is 0 Å². The number of rotatable bonds is 6. The van der Waals surface area contributed by atoms with Crippen LogP contribution >= 0.6 is 0 Å². The summed E-state index contributed by atoms with van der Waals surface area (Å²) in [5, 5.41) is 6.65. The molecule has 0 aromatic rings. The number of carbonyl (C=O) groups excluding carboxylic acids is 1. The van der Waals surface area contributed by atoms with Crippen molar-refractivity contribution >= 4 is 5.91 Å². The highest BCUT2D eigenvalue weighted by atomic mass is 16.1. The maximum absolute atomic E-state index is 12.4. The maximum atomic E-state index is 12.4. The van der Waals surface area contributed by atoms with Crippen LogP contribution in [0, 0.1) is 17.3 Å². The van der Waals surface area contributed by atoms with Crippen LogP contribution < -0.4 is 10.6 Å². The summed E-state index contributed by atoms with van der Waals surface area (Å²) in [6, 6.07) is 0. The molecule has 0 aromatic heterocycles. The Labute approximate surface area is 130 Å². The van der Waals surface area contributed by atoms with Crippen LogP contribution in [0.5, 0.6) is 0 Å². The molecule has 3 heteroatoms. The molecule has 1 saturated carbocycles. The summed E-state index contributed by atoms with van der Waals surface area (Å²) in [7, 11) is 0. The van der Waals surface area contributed by atoms with E-state index in [0.717, 1.165) is 38.4 Å². The minimum atomic E-state index is 0.285. The Balaban J connectivity index is 1.67. The summed E-state index contributed by atoms with van der Waals surface area (Å²) in [5.74, 6) is 1.49. The Morgan fingerprint density at radius 1 is 1.19 bits per heavy atom. The van der Waals surface area contributed by atoms with Gasteiger partial charge in [-0.05, 0) is 62.9 Å². The topological polar surface area (TPSA) is 41.1 Å². The highest BCUT2D eigenvalue weighted by Gasteiger charge is 2.30. The van der Waals surface area contributed by atoms with Crippen LogP contribution in [0.4, 0.5) is 0 Å². The molecule has 2 N–H and O–H groups in total. The molecule has 0 bridgehead atoms. The molecule has 1 heterocycles. The van der Waals surface area contributed by atoms with E-state index in [1.807, 2.05) is 0 Å². The molecule has 1 saturated heterocycles. The maximum Gasteiger partial charge on any atom is 0.223 e. The first-order valence-corrected chi connectivity index (χ1v) is 9.11. The van der Waals surface area contributed by atoms with Gasteiger partial charge in [0.1, 0.15) is 0 Å². The van der Waals surface area contributed by atoms with Crippen molar-refractivity contribution in [3.63, 3.8) is 0 Å². The number of piperidine rings is 1. The molecular formula is C18H34N2O. The van der Waals surface area contributed by atoms with Gasteiger partial charge in [-0.1, -0.05) is 33.1 Å². The van der Waals surface area contributed by atoms with Crippen molar-refractivity contribution in [3.05, 3.63) is 0 Å². The van der Waals surface area contributed by atoms with Gasteiger partial charge in [0.2, 0.25) is 5.91 Å². The predicted molar refractivity (Wildman–Crippen MR) is 88.2 cm³/mol. The van der Waals surface area contributed by atoms with Crippen LogP contribution in [-0.4, -0.2) is 25.5 Å². The number of hydrogen-bond acceptors (Lipinski definition) is 2. The second-order valence-electron chi connectivity index (χ2n) is 7.64. The Morgan fingerprint density at radius 3 is 2.48 bits per heavy atom. The molecule has 0 aromatic carbocycles. The van der Waals surface area contributed by atoms with E-state index in [4.69, 9.17) is 0 Å². The highest BCUT2D eigenvalue weighted by Crippen LogP contribution is 2.32. The Hall–Kier alpha value is -0.570. The zero-order valence-electron chi connectivity index (χ0n) is 14.0. The van der Waals surface area contributed by atoms with Gasteiger partial charge in [0.15, 0.2) is 0 Å². The molecule has 2 rings (SSSR count). The summed E-state index contributed by atoms with van der Waals surface area (Å²) >= 11 is 0. The number of amides is 1. The summed E-state index contributed by atoms with van der Waals surface area (Å²) in [5.41, 5.74) is 0.305. The van der Waals surface area contributed by atoms with Crippen molar-refractivity contribution in [1.82, 2.24) is 10.6 Å². The lowest BCUT2D eigenvalue weighted by Gasteiger charge is -2.35. The van der Waals surface area contributed by atoms with Gasteiger partial charge in [0, 0.05) is 12.5 Å². The number of hydrogen-bond donors (Lipinski definition) is 2. The van der Waals surface area contributed by atoms with E-state index in [9.17, 15) is 4.79 Å². The van der Waals surface area contributed by atoms with Crippen molar-refractivity contribution in [2.24, 2.45) is 17.3 Å². The SMILES string of the molecule is CCCCC1CCC(C(=O)NCC2(C)CCNCC2)CC1. The fraction of sp³-hybridized carbons (Fsp3) is 0.944. The molecule has 0 spiro atoms. The lowest BCUT2D eigenvalue weighted by molar-refractivity contribution is -0.126. The third-order valence-electron chi connectivity index (χ3n) is 5.68. The Morgan fingerprint density at radius 2 is 1.86 bits per heavy atom. The highest BCUT2D eigenvalue weighted by molar-refractivity contribution is 5.78. The fourth-order valence-corrected chi connectivity index (χ4v) is 3.86. The first kappa shape index (κ1) is 16.8. The lowest BCUT2D eigenvalue weighted by atomic mass is 9.78. The van der Waals surface area contributed by atoms with Gasteiger partial charge in [0.05, 0.1) is 0 Å². The first-order chi connectivity index (χ1) is 10.1. The fourth-order valence-electron chi connectivity index (χ4n) is 3.86. The summed E-state index contributed by atoms with van der Waals surface area (Å²) in [6.45, 7) is 7.63. The van der Waals surface area contributed by atoms with Gasteiger partial charge in [-0.15, -0.1) is 0 Å². The second kappa shape index (κ2) is 8.17. The van der Waals surface area contributed by atoms with Gasteiger partial charge in [0.25, 0.3) is 0 Å². The molecule has 0 radical (unpaired) electrons. The van der Waals surface area contributed by atoms with Crippen LogP contribution in [0.2, 0.25) is 0 Å². The number of unbranched alkanes of at least 4 members (excludes halogenated alkanes) is 1. The molecule has 1 aliphatic carbocycles. The first-order valence-electron chi connectivity index (χ1n) is 9.11. The molecule has 1 aliphatic heterocycles. The van der Waals surface area contributed by atoms with Gasteiger partial charge in [-0.3, -0.25) is 4.79 Å². The smallest absolute Gasteiger partial charge is 0.223 e. The number of nitrogens with one attached hydrogen (secondary N) is 2. The van der Waals surface area contributed by atoms with E-state index in [2.05, 4.69) is 24.5 Å². The van der Waals surface area contributed by atoms with Crippen LogP contribution in [0.15, 0.2) is 0 Å². The molecule has 2 aliphatic rings. The average Bonchev–Trinajstić information content (AvgIpc) is 2.52. The van der Waals surface area contributed by atoms with E-state index in [-0.39, 0.29) is 5.92 Å². The van der Waals surface area contributed by atoms with Gasteiger partial charge in [-0.2, -0.15) is 0 Å². The standard InChI is InChI=1S/C18H34N2O/c1-3-4-5-15-6-8-16(9-7-15)17(21)20-14-18(2)10-12-19-13-11-18/h15-16,19H,3-14H2,1-2H3,(H,20,21). The van der Waals surface area contributed by atoms with Crippen molar-refractivity contribution in [1.29, 1.82) is 0 Å². The zero-order chi connectivity index (χ0) is 15.1. The number of carbonyl (C=O) groups is 1. The third kappa shape index (κ3) is 5.28. The van der Waals surface area contributed by atoms with Gasteiger partial charge < -0.3 is 10.6 Å². The van der Waals surface area contributed by atoms with Crippen molar-refractivity contribution in [3.8, 4) is 0 Å². The zero-order valence-corrected chi connectivity index (χ0v) is 14.0. The van der Waals surface area contributed by atoms with E-state index in [1.165, 1.54) is 44.9 Å². The second-order valence-corrected chi connectivity index (χ2v) is 7.64. The monoisotopic (exact) mass is 294 g/mol. The van der Waals surface area contributed by atoms with E-state index < -0.39 is 0 Å². The predicted octanol–water partition coefficient (Wildman–Crippen LogP) is 3.49. The van der Waals surface area contributed by atoms with Crippen molar-refractivity contribution < 1.29 is 4.79 Å². The molecule has 0 unspecified atom stereocenters. The third-order valence-corrected chi connectivity index (χ3v) is 5.68. The Bertz CT molecular complexity index is 315. The van der Waals surface area contributed by atoms with Gasteiger partial charge >= 0.3 is 0 Å². The van der Waals surface area contributed by atoms with E-state index in [1.54, 1.807) is 0 Å². The molecule has 122 valence electrons. The normalized spacial score (nSPS) is 29.0. The van der Waals surface area contributed by atoms with E-state index >= 15 is 0 Å². The van der Waals surface area contributed by atoms with Crippen LogP contribution in [0.3, 0.4) is 0 Å². The molecule has 1 amide bonds. The summed E-state index contributed by atoms with van der Waals surface area (Å²) < 4.78 is 0. The Kier molecular flexibility index (Phi) is 6.53. The average molecular weight is 294 g/mol. The minimum Gasteiger partial charge on any atom is -0.355 e. The summed E-state index contributed by atoms with van der Waals surface area (Å²) in [6.07, 6.45) is 11.1. The van der Waals surface area contributed by atoms with Crippen molar-refractivity contribution in [2.45, 2.75) is 71.6 Å². The van der Waals surface area contributed by atoms with Gasteiger partial charge in [-0.25, -0.2) is 0 Å². The van der Waals surface area contributed by atoms with Crippen LogP contribution in [0.1, 0.15) is 71.6 Å². The van der Waals surface area contributed by atoms with Crippen LogP contribution in [-0.2, 0) is 4.79 Å². The van der Waals surface area contributed by atoms with E-state index in [0.29, 0.717) is 11.3 Å². The molecule has 2 fully saturated rings. The lowest BCUT2D eigenvalue weighted by Crippen LogP contribution is -2.44.